The van der Waals surface area contributed by atoms with Gasteiger partial charge in [0.1, 0.15) is 17.8 Å². The van der Waals surface area contributed by atoms with Crippen LogP contribution in [-0.2, 0) is 27.4 Å². The number of anilines is 1. The molecule has 29 heavy (non-hydrogen) atoms. The molecule has 0 spiro atoms. The minimum absolute atomic E-state index is 0.0411. The molecule has 160 valence electrons. The van der Waals surface area contributed by atoms with Crippen LogP contribution in [0.4, 0.5) is 5.95 Å². The van der Waals surface area contributed by atoms with Gasteiger partial charge in [0.05, 0.1) is 19.5 Å². The Bertz CT molecular complexity index is 1110. The van der Waals surface area contributed by atoms with Gasteiger partial charge in [-0.15, -0.1) is 0 Å². The van der Waals surface area contributed by atoms with Crippen LogP contribution in [0.2, 0.25) is 0 Å². The Morgan fingerprint density at radius 2 is 2.21 bits per heavy atom. The SMILES string of the molecule is Nc1nc2c(ncn2[C@@H]2O[C@@]3(COP(=O)(O)OP(=O)([O-])O)CO[C@H]2C3O)c(=O)[nH]1. The Balaban J connectivity index is 1.60. The lowest BCUT2D eigenvalue weighted by Gasteiger charge is -2.31. The predicted molar refractivity (Wildman–Crippen MR) is 87.8 cm³/mol. The largest absolute Gasteiger partial charge is 0.756 e. The average Bonchev–Trinajstić information content (AvgIpc) is 3.21. The lowest BCUT2D eigenvalue weighted by Crippen LogP contribution is -2.44. The number of phosphoric ester groups is 1. The molecule has 0 amide bonds. The molecule has 16 nitrogen and oxygen atoms in total. The number of nitrogens with two attached hydrogens (primary N) is 1. The molecule has 2 aromatic heterocycles. The maximum absolute atomic E-state index is 11.9. The van der Waals surface area contributed by atoms with Crippen LogP contribution in [0.15, 0.2) is 11.1 Å². The minimum Gasteiger partial charge on any atom is -0.756 e. The second-order valence-corrected chi connectivity index (χ2v) is 9.15. The third kappa shape index (κ3) is 3.64. The Morgan fingerprint density at radius 1 is 1.48 bits per heavy atom. The first-order valence-corrected chi connectivity index (χ1v) is 10.8. The lowest BCUT2D eigenvalue weighted by atomic mass is 10.0. The molecule has 2 aromatic rings. The van der Waals surface area contributed by atoms with Crippen molar-refractivity contribution in [1.82, 2.24) is 19.5 Å². The highest BCUT2D eigenvalue weighted by Gasteiger charge is 2.62. The van der Waals surface area contributed by atoms with Crippen LogP contribution < -0.4 is 16.2 Å². The first-order chi connectivity index (χ1) is 13.4. The highest BCUT2D eigenvalue weighted by molar-refractivity contribution is 7.60. The van der Waals surface area contributed by atoms with Crippen molar-refractivity contribution < 1.29 is 47.2 Å². The number of fused-ring (bicyclic) bond motifs is 3. The van der Waals surface area contributed by atoms with Crippen molar-refractivity contribution in [1.29, 1.82) is 0 Å². The van der Waals surface area contributed by atoms with Gasteiger partial charge in [0.15, 0.2) is 17.4 Å². The van der Waals surface area contributed by atoms with Gasteiger partial charge in [0.2, 0.25) is 5.95 Å². The van der Waals surface area contributed by atoms with Gasteiger partial charge >= 0.3 is 7.82 Å². The number of nitrogens with zero attached hydrogens (tertiary/aromatic N) is 3. The molecular weight excluding hydrogens is 440 g/mol. The molecule has 0 aromatic carbocycles. The molecule has 4 heterocycles. The number of aromatic nitrogens is 4. The van der Waals surface area contributed by atoms with Crippen molar-refractivity contribution in [2.45, 2.75) is 24.0 Å². The predicted octanol–water partition coefficient (Wildman–Crippen LogP) is -2.68. The molecule has 2 aliphatic heterocycles. The normalized spacial score (nSPS) is 33.0. The third-order valence-corrected chi connectivity index (χ3v) is 6.52. The van der Waals surface area contributed by atoms with E-state index in [-0.39, 0.29) is 23.7 Å². The molecule has 6 atom stereocenters. The summed E-state index contributed by atoms with van der Waals surface area (Å²) in [4.78, 5) is 50.7. The quantitative estimate of drug-likeness (QED) is 0.279. The smallest absolute Gasteiger partial charge is 0.478 e. The lowest BCUT2D eigenvalue weighted by molar-refractivity contribution is -0.213. The Morgan fingerprint density at radius 3 is 2.90 bits per heavy atom. The maximum atomic E-state index is 11.9. The minimum atomic E-state index is -5.56. The second-order valence-electron chi connectivity index (χ2n) is 6.36. The van der Waals surface area contributed by atoms with E-state index in [1.807, 2.05) is 0 Å². The number of imidazole rings is 1. The number of nitrogen functional groups attached to an aromatic ring is 1. The number of aromatic amines is 1. The monoisotopic (exact) mass is 454 g/mol. The summed E-state index contributed by atoms with van der Waals surface area (Å²) in [5.41, 5.74) is 3.25. The molecular formula is C11H14N5O11P2-. The topological polar surface area (TPSA) is 244 Å². The van der Waals surface area contributed by atoms with E-state index < -0.39 is 51.8 Å². The van der Waals surface area contributed by atoms with Gasteiger partial charge in [-0.2, -0.15) is 4.98 Å². The number of nitrogens with one attached hydrogen (secondary N) is 1. The fraction of sp³-hybridized carbons (Fsp3) is 0.545. The summed E-state index contributed by atoms with van der Waals surface area (Å²) in [6, 6.07) is 0. The number of hydrogen-bond donors (Lipinski definition) is 5. The molecule has 2 fully saturated rings. The number of hydrogen-bond acceptors (Lipinski definition) is 12. The van der Waals surface area contributed by atoms with Crippen LogP contribution in [0.3, 0.4) is 0 Å². The van der Waals surface area contributed by atoms with E-state index >= 15 is 0 Å². The fourth-order valence-corrected chi connectivity index (χ4v) is 4.83. The van der Waals surface area contributed by atoms with E-state index in [9.17, 15) is 28.8 Å². The van der Waals surface area contributed by atoms with Crippen LogP contribution in [0.1, 0.15) is 6.23 Å². The molecule has 2 saturated heterocycles. The molecule has 3 unspecified atom stereocenters. The third-order valence-electron chi connectivity index (χ3n) is 4.41. The summed E-state index contributed by atoms with van der Waals surface area (Å²) in [6.07, 6.45) is -2.23. The van der Waals surface area contributed by atoms with Gasteiger partial charge in [-0.05, 0) is 0 Å². The van der Waals surface area contributed by atoms with Crippen molar-refractivity contribution in [2.24, 2.45) is 0 Å². The number of rotatable bonds is 6. The number of H-pyrrole nitrogens is 1. The standard InChI is InChI=1S/C11H15N5O11P2/c12-10-14-7-4(8(18)15-10)13-3-16(7)9-5-6(17)11(26-9,1-24-5)2-25-29(22,23)27-28(19,20)21/h3,5-6,9,17H,1-2H2,(H,22,23)(H2,19,20,21)(H3,12,14,15,18)/p-1/t5-,6?,9+,11+/m0/s1. The van der Waals surface area contributed by atoms with Crippen LogP contribution >= 0.6 is 15.6 Å². The van der Waals surface area contributed by atoms with Crippen LogP contribution in [0.5, 0.6) is 0 Å². The second kappa shape index (κ2) is 6.65. The van der Waals surface area contributed by atoms with Crippen molar-refractivity contribution in [3.63, 3.8) is 0 Å². The molecule has 0 saturated carbocycles. The summed E-state index contributed by atoms with van der Waals surface area (Å²) in [6.45, 7) is -1.09. The summed E-state index contributed by atoms with van der Waals surface area (Å²) in [7, 11) is -10.8. The van der Waals surface area contributed by atoms with Crippen molar-refractivity contribution >= 4 is 32.8 Å². The molecule has 0 radical (unpaired) electrons. The molecule has 6 N–H and O–H groups in total. The van der Waals surface area contributed by atoms with Crippen LogP contribution in [-0.4, -0.2) is 65.4 Å². The van der Waals surface area contributed by atoms with Crippen molar-refractivity contribution in [3.05, 3.63) is 16.7 Å². The van der Waals surface area contributed by atoms with E-state index in [4.69, 9.17) is 20.1 Å². The van der Waals surface area contributed by atoms with E-state index in [0.29, 0.717) is 0 Å². The average molecular weight is 454 g/mol. The number of aliphatic hydroxyl groups is 1. The fourth-order valence-electron chi connectivity index (χ4n) is 3.21. The van der Waals surface area contributed by atoms with Gasteiger partial charge in [-0.3, -0.25) is 23.4 Å². The highest BCUT2D eigenvalue weighted by Crippen LogP contribution is 2.57. The number of phosphoric acid groups is 2. The Kier molecular flexibility index (Phi) is 4.71. The summed E-state index contributed by atoms with van der Waals surface area (Å²) in [5.74, 6) is -0.184. The molecule has 2 aliphatic rings. The maximum Gasteiger partial charge on any atom is 0.478 e. The van der Waals surface area contributed by atoms with E-state index in [1.54, 1.807) is 0 Å². The van der Waals surface area contributed by atoms with Crippen molar-refractivity contribution in [3.8, 4) is 0 Å². The number of aliphatic hydroxyl groups excluding tert-OH is 1. The van der Waals surface area contributed by atoms with E-state index in [2.05, 4.69) is 23.8 Å². The first-order valence-electron chi connectivity index (χ1n) is 7.83. The van der Waals surface area contributed by atoms with E-state index in [1.165, 1.54) is 10.9 Å². The number of ether oxygens (including phenoxy) is 2. The Hall–Kier alpha value is -1.71. The van der Waals surface area contributed by atoms with Gasteiger partial charge in [0.25, 0.3) is 13.4 Å². The highest BCUT2D eigenvalue weighted by atomic mass is 31.3. The van der Waals surface area contributed by atoms with Crippen molar-refractivity contribution in [2.75, 3.05) is 18.9 Å². The summed E-state index contributed by atoms with van der Waals surface area (Å²) >= 11 is 0. The summed E-state index contributed by atoms with van der Waals surface area (Å²) < 4.78 is 42.9. The zero-order chi connectivity index (χ0) is 21.2. The van der Waals surface area contributed by atoms with Crippen LogP contribution in [0, 0.1) is 0 Å². The van der Waals surface area contributed by atoms with Crippen LogP contribution in [0.25, 0.3) is 11.2 Å². The summed E-state index contributed by atoms with van der Waals surface area (Å²) in [5, 5.41) is 10.5. The van der Waals surface area contributed by atoms with Gasteiger partial charge in [-0.1, -0.05) is 0 Å². The zero-order valence-corrected chi connectivity index (χ0v) is 15.9. The Labute approximate surface area is 160 Å². The molecule has 18 heteroatoms. The first kappa shape index (κ1) is 20.6. The molecule has 0 aliphatic carbocycles. The van der Waals surface area contributed by atoms with Gasteiger partial charge in [0, 0.05) is 0 Å². The zero-order valence-electron chi connectivity index (χ0n) is 14.1. The molecule has 4 rings (SSSR count). The molecule has 2 bridgehead atoms. The van der Waals surface area contributed by atoms with Gasteiger partial charge in [-0.25, -0.2) is 13.9 Å². The van der Waals surface area contributed by atoms with E-state index in [0.717, 1.165) is 0 Å². The van der Waals surface area contributed by atoms with Gasteiger partial charge < -0.3 is 35.0 Å².